The number of amides is 1. The number of rotatable bonds is 4. The third-order valence-electron chi connectivity index (χ3n) is 4.13. The molecule has 128 valence electrons. The van der Waals surface area contributed by atoms with Gasteiger partial charge in [0.15, 0.2) is 0 Å². The van der Waals surface area contributed by atoms with Crippen molar-refractivity contribution in [2.45, 2.75) is 30.0 Å². The molecule has 1 aliphatic rings. The van der Waals surface area contributed by atoms with Crippen molar-refractivity contribution in [3.8, 4) is 0 Å². The zero-order valence-corrected chi connectivity index (χ0v) is 15.1. The summed E-state index contributed by atoms with van der Waals surface area (Å²) >= 11 is 1.21. The van der Waals surface area contributed by atoms with Gasteiger partial charge in [0.25, 0.3) is 5.91 Å². The Balaban J connectivity index is 1.59. The van der Waals surface area contributed by atoms with Gasteiger partial charge >= 0.3 is 0 Å². The molecule has 1 fully saturated rings. The van der Waals surface area contributed by atoms with E-state index in [0.717, 1.165) is 5.56 Å². The SMILES string of the molecule is Cc1cccc(C(=O)N2CCC(NS(=O)(=O)c3cccs3)CC2)c1. The molecule has 0 saturated carbocycles. The zero-order chi connectivity index (χ0) is 17.2. The lowest BCUT2D eigenvalue weighted by Gasteiger charge is -2.32. The van der Waals surface area contributed by atoms with Gasteiger partial charge in [-0.15, -0.1) is 11.3 Å². The average molecular weight is 364 g/mol. The Bertz CT molecular complexity index is 808. The second-order valence-corrected chi connectivity index (χ2v) is 8.88. The molecule has 2 heterocycles. The molecule has 2 aromatic rings. The maximum Gasteiger partial charge on any atom is 0.253 e. The molecule has 24 heavy (non-hydrogen) atoms. The number of thiophene rings is 1. The molecule has 1 aliphatic heterocycles. The summed E-state index contributed by atoms with van der Waals surface area (Å²) in [6.07, 6.45) is 1.25. The van der Waals surface area contributed by atoms with Crippen molar-refractivity contribution in [1.29, 1.82) is 0 Å². The molecular formula is C17H20N2O3S2. The van der Waals surface area contributed by atoms with Crippen LogP contribution in [0.15, 0.2) is 46.0 Å². The van der Waals surface area contributed by atoms with Crippen LogP contribution in [0.1, 0.15) is 28.8 Å². The fraction of sp³-hybridized carbons (Fsp3) is 0.353. The van der Waals surface area contributed by atoms with Crippen molar-refractivity contribution in [3.63, 3.8) is 0 Å². The van der Waals surface area contributed by atoms with Crippen LogP contribution in [0.2, 0.25) is 0 Å². The molecule has 1 aromatic carbocycles. The van der Waals surface area contributed by atoms with Gasteiger partial charge in [-0.1, -0.05) is 23.8 Å². The van der Waals surface area contributed by atoms with Gasteiger partial charge in [-0.3, -0.25) is 4.79 Å². The third kappa shape index (κ3) is 3.85. The highest BCUT2D eigenvalue weighted by Crippen LogP contribution is 2.19. The first-order valence-corrected chi connectivity index (χ1v) is 10.2. The van der Waals surface area contributed by atoms with Crippen LogP contribution in [0.5, 0.6) is 0 Å². The monoisotopic (exact) mass is 364 g/mol. The summed E-state index contributed by atoms with van der Waals surface area (Å²) in [6, 6.07) is 10.7. The summed E-state index contributed by atoms with van der Waals surface area (Å²) in [7, 11) is -3.45. The normalized spacial score (nSPS) is 16.3. The van der Waals surface area contributed by atoms with E-state index in [-0.39, 0.29) is 11.9 Å². The smallest absolute Gasteiger partial charge is 0.253 e. The van der Waals surface area contributed by atoms with E-state index in [9.17, 15) is 13.2 Å². The molecule has 1 N–H and O–H groups in total. The van der Waals surface area contributed by atoms with Gasteiger partial charge in [0, 0.05) is 24.7 Å². The van der Waals surface area contributed by atoms with Crippen molar-refractivity contribution in [2.75, 3.05) is 13.1 Å². The second-order valence-electron chi connectivity index (χ2n) is 5.99. The van der Waals surface area contributed by atoms with Crippen molar-refractivity contribution in [1.82, 2.24) is 9.62 Å². The molecule has 0 radical (unpaired) electrons. The van der Waals surface area contributed by atoms with E-state index in [2.05, 4.69) is 4.72 Å². The molecule has 1 amide bonds. The molecule has 7 heteroatoms. The van der Waals surface area contributed by atoms with Crippen LogP contribution >= 0.6 is 11.3 Å². The quantitative estimate of drug-likeness (QED) is 0.907. The molecule has 0 bridgehead atoms. The Morgan fingerprint density at radius 1 is 1.21 bits per heavy atom. The molecular weight excluding hydrogens is 344 g/mol. The summed E-state index contributed by atoms with van der Waals surface area (Å²) in [5.74, 6) is 0.0123. The minimum Gasteiger partial charge on any atom is -0.339 e. The Labute approximate surface area is 146 Å². The molecule has 0 spiro atoms. The Kier molecular flexibility index (Phi) is 5.03. The van der Waals surface area contributed by atoms with Crippen LogP contribution in [-0.4, -0.2) is 38.4 Å². The number of benzene rings is 1. The fourth-order valence-electron chi connectivity index (χ4n) is 2.85. The number of hydrogen-bond acceptors (Lipinski definition) is 4. The lowest BCUT2D eigenvalue weighted by molar-refractivity contribution is 0.0711. The van der Waals surface area contributed by atoms with Crippen molar-refractivity contribution in [3.05, 3.63) is 52.9 Å². The van der Waals surface area contributed by atoms with Crippen molar-refractivity contribution in [2.24, 2.45) is 0 Å². The molecule has 0 unspecified atom stereocenters. The van der Waals surface area contributed by atoms with Gasteiger partial charge in [-0.25, -0.2) is 13.1 Å². The van der Waals surface area contributed by atoms with E-state index in [1.165, 1.54) is 11.3 Å². The molecule has 5 nitrogen and oxygen atoms in total. The number of carbonyl (C=O) groups excluding carboxylic acids is 1. The minimum absolute atomic E-state index is 0.0123. The van der Waals surface area contributed by atoms with Crippen LogP contribution in [0, 0.1) is 6.92 Å². The van der Waals surface area contributed by atoms with E-state index < -0.39 is 10.0 Å². The highest BCUT2D eigenvalue weighted by atomic mass is 32.2. The van der Waals surface area contributed by atoms with Crippen molar-refractivity contribution >= 4 is 27.3 Å². The van der Waals surface area contributed by atoms with Gasteiger partial charge in [-0.05, 0) is 43.3 Å². The van der Waals surface area contributed by atoms with Gasteiger partial charge in [0.1, 0.15) is 4.21 Å². The Morgan fingerprint density at radius 3 is 2.58 bits per heavy atom. The predicted octanol–water partition coefficient (Wildman–Crippen LogP) is 2.64. The van der Waals surface area contributed by atoms with Gasteiger partial charge in [0.2, 0.25) is 10.0 Å². The zero-order valence-electron chi connectivity index (χ0n) is 13.4. The van der Waals surface area contributed by atoms with Crippen molar-refractivity contribution < 1.29 is 13.2 Å². The third-order valence-corrected chi connectivity index (χ3v) is 7.05. The summed E-state index contributed by atoms with van der Waals surface area (Å²) in [6.45, 7) is 3.08. The number of nitrogens with zero attached hydrogens (tertiary/aromatic N) is 1. The van der Waals surface area contributed by atoms with E-state index in [1.807, 2.05) is 31.2 Å². The first-order valence-electron chi connectivity index (χ1n) is 7.87. The summed E-state index contributed by atoms with van der Waals surface area (Å²) in [5, 5.41) is 1.75. The van der Waals surface area contributed by atoms with Gasteiger partial charge < -0.3 is 4.90 Å². The van der Waals surface area contributed by atoms with Crippen LogP contribution in [0.3, 0.4) is 0 Å². The number of sulfonamides is 1. The first kappa shape index (κ1) is 17.1. The van der Waals surface area contributed by atoms with Gasteiger partial charge in [0.05, 0.1) is 0 Å². The molecule has 0 atom stereocenters. The number of hydrogen-bond donors (Lipinski definition) is 1. The minimum atomic E-state index is -3.45. The fourth-order valence-corrected chi connectivity index (χ4v) is 5.17. The number of piperidine rings is 1. The molecule has 3 rings (SSSR count). The lowest BCUT2D eigenvalue weighted by Crippen LogP contribution is -2.46. The van der Waals surface area contributed by atoms with E-state index in [1.54, 1.807) is 22.4 Å². The number of carbonyl (C=O) groups is 1. The van der Waals surface area contributed by atoms with E-state index in [4.69, 9.17) is 0 Å². The summed E-state index contributed by atoms with van der Waals surface area (Å²) in [5.41, 5.74) is 1.74. The largest absolute Gasteiger partial charge is 0.339 e. The lowest BCUT2D eigenvalue weighted by atomic mass is 10.0. The maximum atomic E-state index is 12.5. The maximum absolute atomic E-state index is 12.5. The standard InChI is InChI=1S/C17H20N2O3S2/c1-13-4-2-5-14(12-13)17(20)19-9-7-15(8-10-19)18-24(21,22)16-6-3-11-23-16/h2-6,11-12,15,18H,7-10H2,1H3. The number of likely N-dealkylation sites (tertiary alicyclic amines) is 1. The van der Waals surface area contributed by atoms with Crippen LogP contribution in [0.25, 0.3) is 0 Å². The van der Waals surface area contributed by atoms with Crippen LogP contribution in [0.4, 0.5) is 0 Å². The number of aryl methyl sites for hydroxylation is 1. The molecule has 1 saturated heterocycles. The molecule has 0 aliphatic carbocycles. The Morgan fingerprint density at radius 2 is 1.96 bits per heavy atom. The highest BCUT2D eigenvalue weighted by molar-refractivity contribution is 7.91. The van der Waals surface area contributed by atoms with E-state index >= 15 is 0 Å². The van der Waals surface area contributed by atoms with Gasteiger partial charge in [-0.2, -0.15) is 0 Å². The highest BCUT2D eigenvalue weighted by Gasteiger charge is 2.27. The summed E-state index contributed by atoms with van der Waals surface area (Å²) in [4.78, 5) is 14.3. The average Bonchev–Trinajstić information content (AvgIpc) is 3.10. The van der Waals surface area contributed by atoms with E-state index in [0.29, 0.717) is 35.7 Å². The topological polar surface area (TPSA) is 66.5 Å². The summed E-state index contributed by atoms with van der Waals surface area (Å²) < 4.78 is 27.6. The molecule has 1 aromatic heterocycles. The first-order chi connectivity index (χ1) is 11.5. The van der Waals surface area contributed by atoms with Crippen LogP contribution in [-0.2, 0) is 10.0 Å². The van der Waals surface area contributed by atoms with Crippen LogP contribution < -0.4 is 4.72 Å². The Hall–Kier alpha value is -1.70. The second kappa shape index (κ2) is 7.04. The predicted molar refractivity (Wildman–Crippen MR) is 94.7 cm³/mol. The number of nitrogens with one attached hydrogen (secondary N) is 1.